The zero-order valence-corrected chi connectivity index (χ0v) is 11.7. The van der Waals surface area contributed by atoms with Crippen LogP contribution >= 0.6 is 0 Å². The summed E-state index contributed by atoms with van der Waals surface area (Å²) in [6, 6.07) is 7.75. The van der Waals surface area contributed by atoms with Gasteiger partial charge in [-0.05, 0) is 42.7 Å². The molecule has 0 aromatic heterocycles. The predicted molar refractivity (Wildman–Crippen MR) is 78.7 cm³/mol. The van der Waals surface area contributed by atoms with Gasteiger partial charge in [-0.25, -0.2) is 0 Å². The van der Waals surface area contributed by atoms with Crippen molar-refractivity contribution in [2.45, 2.75) is 39.0 Å². The van der Waals surface area contributed by atoms with Gasteiger partial charge in [0.05, 0.1) is 0 Å². The van der Waals surface area contributed by atoms with Gasteiger partial charge in [0.15, 0.2) is 0 Å². The average molecular weight is 260 g/mol. The number of nitrogen functional groups attached to an aromatic ring is 1. The molecule has 2 rings (SSSR count). The molecule has 0 spiro atoms. The molecule has 104 valence electrons. The fraction of sp³-hybridized carbons (Fsp3) is 0.562. The van der Waals surface area contributed by atoms with Crippen LogP contribution in [0.25, 0.3) is 0 Å². The number of hydrogen-bond acceptors (Lipinski definition) is 2. The van der Waals surface area contributed by atoms with Crippen molar-refractivity contribution in [1.82, 2.24) is 5.32 Å². The molecule has 1 aromatic carbocycles. The Balaban J connectivity index is 1.69. The number of benzene rings is 1. The third-order valence-corrected chi connectivity index (χ3v) is 4.07. The van der Waals surface area contributed by atoms with Gasteiger partial charge in [-0.1, -0.05) is 31.5 Å². The predicted octanol–water partition coefficient (Wildman–Crippen LogP) is 2.75. The summed E-state index contributed by atoms with van der Waals surface area (Å²) in [6.07, 6.45) is 5.07. The Morgan fingerprint density at radius 1 is 1.37 bits per heavy atom. The summed E-state index contributed by atoms with van der Waals surface area (Å²) in [5, 5.41) is 3.06. The van der Waals surface area contributed by atoms with Crippen molar-refractivity contribution in [3.63, 3.8) is 0 Å². The number of carbonyl (C=O) groups is 1. The van der Waals surface area contributed by atoms with E-state index in [1.54, 1.807) is 0 Å². The first kappa shape index (κ1) is 13.9. The lowest BCUT2D eigenvalue weighted by atomic mass is 10.1. The van der Waals surface area contributed by atoms with Crippen LogP contribution in [0.5, 0.6) is 0 Å². The van der Waals surface area contributed by atoms with E-state index in [0.717, 1.165) is 30.1 Å². The van der Waals surface area contributed by atoms with E-state index in [4.69, 9.17) is 5.73 Å². The summed E-state index contributed by atoms with van der Waals surface area (Å²) in [5.41, 5.74) is 7.70. The van der Waals surface area contributed by atoms with E-state index in [9.17, 15) is 4.79 Å². The molecule has 1 saturated carbocycles. The van der Waals surface area contributed by atoms with E-state index in [0.29, 0.717) is 12.3 Å². The lowest BCUT2D eigenvalue weighted by Crippen LogP contribution is -2.28. The fourth-order valence-electron chi connectivity index (χ4n) is 2.87. The Labute approximate surface area is 115 Å². The minimum atomic E-state index is 0.141. The average Bonchev–Trinajstić information content (AvgIpc) is 2.81. The molecule has 3 nitrogen and oxygen atoms in total. The van der Waals surface area contributed by atoms with Crippen LogP contribution in [0.3, 0.4) is 0 Å². The maximum Gasteiger partial charge on any atom is 0.220 e. The largest absolute Gasteiger partial charge is 0.399 e. The van der Waals surface area contributed by atoms with E-state index < -0.39 is 0 Å². The third kappa shape index (κ3) is 4.27. The molecule has 0 heterocycles. The second kappa shape index (κ2) is 6.60. The van der Waals surface area contributed by atoms with Crippen LogP contribution in [0.2, 0.25) is 0 Å². The second-order valence-electron chi connectivity index (χ2n) is 5.79. The van der Waals surface area contributed by atoms with Crippen molar-refractivity contribution in [3.05, 3.63) is 29.8 Å². The van der Waals surface area contributed by atoms with Gasteiger partial charge in [-0.2, -0.15) is 0 Å². The van der Waals surface area contributed by atoms with Gasteiger partial charge in [-0.15, -0.1) is 0 Å². The Morgan fingerprint density at radius 2 is 2.16 bits per heavy atom. The molecule has 3 N–H and O–H groups in total. The molecule has 0 bridgehead atoms. The fourth-order valence-corrected chi connectivity index (χ4v) is 2.87. The molecule has 2 unspecified atom stereocenters. The van der Waals surface area contributed by atoms with Gasteiger partial charge in [-0.3, -0.25) is 4.79 Å². The van der Waals surface area contributed by atoms with Gasteiger partial charge >= 0.3 is 0 Å². The van der Waals surface area contributed by atoms with E-state index >= 15 is 0 Å². The summed E-state index contributed by atoms with van der Waals surface area (Å²) in [7, 11) is 0. The molecule has 1 fully saturated rings. The Morgan fingerprint density at radius 3 is 2.84 bits per heavy atom. The van der Waals surface area contributed by atoms with Crippen molar-refractivity contribution in [2.24, 2.45) is 11.8 Å². The number of aryl methyl sites for hydroxylation is 1. The van der Waals surface area contributed by atoms with Crippen LogP contribution in [0.15, 0.2) is 24.3 Å². The minimum Gasteiger partial charge on any atom is -0.399 e. The number of hydrogen-bond donors (Lipinski definition) is 2. The van der Waals surface area contributed by atoms with Gasteiger partial charge in [0.1, 0.15) is 0 Å². The Hall–Kier alpha value is -1.51. The molecule has 0 saturated heterocycles. The summed E-state index contributed by atoms with van der Waals surface area (Å²) in [4.78, 5) is 11.8. The van der Waals surface area contributed by atoms with Crippen molar-refractivity contribution in [2.75, 3.05) is 12.3 Å². The van der Waals surface area contributed by atoms with Gasteiger partial charge in [0.2, 0.25) is 5.91 Å². The molecular formula is C16H24N2O. The van der Waals surface area contributed by atoms with Crippen LogP contribution < -0.4 is 11.1 Å². The number of carbonyl (C=O) groups excluding carboxylic acids is 1. The number of nitrogens with one attached hydrogen (secondary N) is 1. The standard InChI is InChI=1S/C16H24N2O/c1-12-6-7-13(10-12)11-18-16(19)9-8-14-4-2-3-5-15(14)17/h2-5,12-13H,6-11,17H2,1H3,(H,18,19). The maximum absolute atomic E-state index is 11.8. The highest BCUT2D eigenvalue weighted by Gasteiger charge is 2.21. The summed E-state index contributed by atoms with van der Waals surface area (Å²) in [6.45, 7) is 3.13. The van der Waals surface area contributed by atoms with Crippen LogP contribution in [0.4, 0.5) is 5.69 Å². The second-order valence-corrected chi connectivity index (χ2v) is 5.79. The molecular weight excluding hydrogens is 236 g/mol. The first-order valence-electron chi connectivity index (χ1n) is 7.25. The van der Waals surface area contributed by atoms with E-state index in [2.05, 4.69) is 12.2 Å². The van der Waals surface area contributed by atoms with E-state index in [1.165, 1.54) is 19.3 Å². The van der Waals surface area contributed by atoms with Crippen molar-refractivity contribution < 1.29 is 4.79 Å². The molecule has 0 aliphatic heterocycles. The number of amides is 1. The lowest BCUT2D eigenvalue weighted by molar-refractivity contribution is -0.121. The first-order chi connectivity index (χ1) is 9.15. The van der Waals surface area contributed by atoms with Gasteiger partial charge < -0.3 is 11.1 Å². The minimum absolute atomic E-state index is 0.141. The van der Waals surface area contributed by atoms with Crippen LogP contribution in [-0.4, -0.2) is 12.5 Å². The molecule has 1 aliphatic rings. The molecule has 2 atom stereocenters. The maximum atomic E-state index is 11.8. The first-order valence-corrected chi connectivity index (χ1v) is 7.25. The number of para-hydroxylation sites is 1. The molecule has 0 radical (unpaired) electrons. The van der Waals surface area contributed by atoms with E-state index in [-0.39, 0.29) is 5.91 Å². The summed E-state index contributed by atoms with van der Waals surface area (Å²) >= 11 is 0. The van der Waals surface area contributed by atoms with Crippen LogP contribution in [0, 0.1) is 11.8 Å². The molecule has 1 aromatic rings. The van der Waals surface area contributed by atoms with Crippen molar-refractivity contribution >= 4 is 11.6 Å². The van der Waals surface area contributed by atoms with Crippen LogP contribution in [0.1, 0.15) is 38.2 Å². The quantitative estimate of drug-likeness (QED) is 0.800. The summed E-state index contributed by atoms with van der Waals surface area (Å²) in [5.74, 6) is 1.65. The Bertz CT molecular complexity index is 431. The smallest absolute Gasteiger partial charge is 0.220 e. The molecule has 1 amide bonds. The molecule has 1 aliphatic carbocycles. The molecule has 3 heteroatoms. The topological polar surface area (TPSA) is 55.1 Å². The number of anilines is 1. The van der Waals surface area contributed by atoms with Gasteiger partial charge in [0, 0.05) is 18.7 Å². The lowest BCUT2D eigenvalue weighted by Gasteiger charge is -2.11. The highest BCUT2D eigenvalue weighted by Crippen LogP contribution is 2.29. The summed E-state index contributed by atoms with van der Waals surface area (Å²) < 4.78 is 0. The Kier molecular flexibility index (Phi) is 4.83. The van der Waals surface area contributed by atoms with Crippen LogP contribution in [-0.2, 0) is 11.2 Å². The monoisotopic (exact) mass is 260 g/mol. The highest BCUT2D eigenvalue weighted by molar-refractivity contribution is 5.76. The molecule has 19 heavy (non-hydrogen) atoms. The third-order valence-electron chi connectivity index (χ3n) is 4.07. The number of nitrogens with two attached hydrogens (primary N) is 1. The van der Waals surface area contributed by atoms with Crippen molar-refractivity contribution in [1.29, 1.82) is 0 Å². The van der Waals surface area contributed by atoms with Crippen molar-refractivity contribution in [3.8, 4) is 0 Å². The SMILES string of the molecule is CC1CCC(CNC(=O)CCc2ccccc2N)C1. The number of rotatable bonds is 5. The normalized spacial score (nSPS) is 22.4. The zero-order valence-electron chi connectivity index (χ0n) is 11.7. The van der Waals surface area contributed by atoms with Gasteiger partial charge in [0.25, 0.3) is 0 Å². The zero-order chi connectivity index (χ0) is 13.7. The highest BCUT2D eigenvalue weighted by atomic mass is 16.1. The van der Waals surface area contributed by atoms with E-state index in [1.807, 2.05) is 24.3 Å².